The number of carbonyl (C=O) groups is 2. The Balaban J connectivity index is 2.47. The minimum atomic E-state index is -1.20. The van der Waals surface area contributed by atoms with Crippen LogP contribution in [0, 0.1) is 11.6 Å². The van der Waals surface area contributed by atoms with Crippen LogP contribution in [0.2, 0.25) is 0 Å². The van der Waals surface area contributed by atoms with E-state index < -0.39 is 35.6 Å². The Bertz CT molecular complexity index is 536. The topological polar surface area (TPSA) is 72.6 Å². The fourth-order valence-corrected chi connectivity index (χ4v) is 2.08. The molecule has 0 bridgehead atoms. The number of ether oxygens (including phenoxy) is 1. The Morgan fingerprint density at radius 2 is 2.16 bits per heavy atom. The van der Waals surface area contributed by atoms with E-state index in [1.54, 1.807) is 0 Å². The lowest BCUT2D eigenvalue weighted by Gasteiger charge is -2.23. The smallest absolute Gasteiger partial charge is 0.329 e. The molecule has 102 valence electrons. The van der Waals surface area contributed by atoms with Crippen molar-refractivity contribution in [3.63, 3.8) is 0 Å². The van der Waals surface area contributed by atoms with E-state index in [1.165, 1.54) is 12.1 Å². The molecule has 0 saturated carbocycles. The largest absolute Gasteiger partial charge is 0.467 e. The van der Waals surface area contributed by atoms with Gasteiger partial charge >= 0.3 is 5.97 Å². The highest BCUT2D eigenvalue weighted by Crippen LogP contribution is 2.30. The second-order valence-electron chi connectivity index (χ2n) is 4.16. The lowest BCUT2D eigenvalue weighted by Crippen LogP contribution is -2.41. The molecule has 0 aliphatic carbocycles. The predicted octanol–water partition coefficient (Wildman–Crippen LogP) is 0.570. The molecular formula is C12H12F2N2O3. The number of halogens is 2. The maximum atomic E-state index is 13.7. The van der Waals surface area contributed by atoms with Gasteiger partial charge in [-0.2, -0.15) is 0 Å². The number of esters is 1. The minimum Gasteiger partial charge on any atom is -0.467 e. The summed E-state index contributed by atoms with van der Waals surface area (Å²) in [6.45, 7) is 0. The molecule has 1 saturated heterocycles. The third-order valence-electron chi connectivity index (χ3n) is 3.01. The van der Waals surface area contributed by atoms with Crippen molar-refractivity contribution < 1.29 is 23.1 Å². The van der Waals surface area contributed by atoms with E-state index in [9.17, 15) is 18.4 Å². The van der Waals surface area contributed by atoms with Crippen LogP contribution in [-0.4, -0.2) is 31.1 Å². The quantitative estimate of drug-likeness (QED) is 0.797. The first-order valence-corrected chi connectivity index (χ1v) is 5.58. The summed E-state index contributed by atoms with van der Waals surface area (Å²) < 4.78 is 31.5. The molecule has 1 aliphatic heterocycles. The first kappa shape index (κ1) is 13.4. The molecule has 1 fully saturated rings. The summed E-state index contributed by atoms with van der Waals surface area (Å²) in [5.41, 5.74) is 5.25. The van der Waals surface area contributed by atoms with Gasteiger partial charge in [-0.3, -0.25) is 9.69 Å². The summed E-state index contributed by atoms with van der Waals surface area (Å²) in [4.78, 5) is 24.4. The summed E-state index contributed by atoms with van der Waals surface area (Å²) in [6, 6.07) is 1.41. The molecule has 1 heterocycles. The molecule has 19 heavy (non-hydrogen) atoms. The van der Waals surface area contributed by atoms with Crippen LogP contribution < -0.4 is 10.6 Å². The number of rotatable bonds is 2. The molecule has 0 aromatic heterocycles. The van der Waals surface area contributed by atoms with E-state index in [-0.39, 0.29) is 12.1 Å². The molecule has 2 N–H and O–H groups in total. The van der Waals surface area contributed by atoms with E-state index in [0.717, 1.165) is 18.1 Å². The van der Waals surface area contributed by atoms with Gasteiger partial charge < -0.3 is 10.5 Å². The van der Waals surface area contributed by atoms with E-state index in [0.29, 0.717) is 0 Å². The second kappa shape index (κ2) is 4.93. The molecule has 1 amide bonds. The highest BCUT2D eigenvalue weighted by atomic mass is 19.2. The number of nitrogens with zero attached hydrogens (tertiary/aromatic N) is 1. The highest BCUT2D eigenvalue weighted by Gasteiger charge is 2.44. The number of carbonyl (C=O) groups excluding carboxylic acids is 2. The van der Waals surface area contributed by atoms with Crippen LogP contribution >= 0.6 is 0 Å². The maximum Gasteiger partial charge on any atom is 0.329 e. The average molecular weight is 270 g/mol. The number of hydrogen-bond acceptors (Lipinski definition) is 4. The number of benzene rings is 1. The number of amides is 1. The molecule has 2 rings (SSSR count). The van der Waals surface area contributed by atoms with E-state index >= 15 is 0 Å². The Labute approximate surface area is 107 Å². The van der Waals surface area contributed by atoms with Crippen molar-refractivity contribution in [2.24, 2.45) is 5.73 Å². The van der Waals surface area contributed by atoms with Crippen LogP contribution in [0.3, 0.4) is 0 Å². The number of methoxy groups -OCH3 is 1. The summed E-state index contributed by atoms with van der Waals surface area (Å²) >= 11 is 0. The lowest BCUT2D eigenvalue weighted by molar-refractivity contribution is -0.142. The number of anilines is 1. The lowest BCUT2D eigenvalue weighted by atomic mass is 10.2. The van der Waals surface area contributed by atoms with Gasteiger partial charge in [0.15, 0.2) is 11.6 Å². The number of nitrogens with two attached hydrogens (primary N) is 1. The van der Waals surface area contributed by atoms with Gasteiger partial charge in [0, 0.05) is 6.42 Å². The van der Waals surface area contributed by atoms with Gasteiger partial charge in [-0.05, 0) is 12.1 Å². The molecule has 1 aliphatic rings. The highest BCUT2D eigenvalue weighted by molar-refractivity contribution is 6.05. The van der Waals surface area contributed by atoms with Crippen LogP contribution in [0.15, 0.2) is 18.2 Å². The van der Waals surface area contributed by atoms with Gasteiger partial charge in [0.2, 0.25) is 5.91 Å². The molecule has 0 radical (unpaired) electrons. The fraction of sp³-hybridized carbons (Fsp3) is 0.333. The average Bonchev–Trinajstić information content (AvgIpc) is 2.69. The van der Waals surface area contributed by atoms with Gasteiger partial charge in [0.1, 0.15) is 6.04 Å². The van der Waals surface area contributed by atoms with Crippen molar-refractivity contribution in [1.82, 2.24) is 0 Å². The Hall–Kier alpha value is -2.02. The third kappa shape index (κ3) is 2.17. The first-order valence-electron chi connectivity index (χ1n) is 5.58. The van der Waals surface area contributed by atoms with E-state index in [1.807, 2.05) is 0 Å². The van der Waals surface area contributed by atoms with E-state index in [4.69, 9.17) is 5.73 Å². The summed E-state index contributed by atoms with van der Waals surface area (Å²) in [7, 11) is 1.15. The molecule has 7 heteroatoms. The molecule has 1 aromatic rings. The van der Waals surface area contributed by atoms with E-state index in [2.05, 4.69) is 4.74 Å². The zero-order valence-electron chi connectivity index (χ0n) is 10.1. The van der Waals surface area contributed by atoms with Gasteiger partial charge in [-0.25, -0.2) is 13.6 Å². The summed E-state index contributed by atoms with van der Waals surface area (Å²) in [5.74, 6) is -3.65. The fourth-order valence-electron chi connectivity index (χ4n) is 2.08. The Kier molecular flexibility index (Phi) is 3.48. The van der Waals surface area contributed by atoms with Crippen molar-refractivity contribution in [3.05, 3.63) is 29.8 Å². The third-order valence-corrected chi connectivity index (χ3v) is 3.01. The SMILES string of the molecule is COC(=O)[C@@H]1C[C@H](N)C(=O)N1c1cccc(F)c1F. The molecule has 5 nitrogen and oxygen atoms in total. The van der Waals surface area contributed by atoms with Crippen LogP contribution in [0.1, 0.15) is 6.42 Å². The van der Waals surface area contributed by atoms with Crippen molar-refractivity contribution in [2.75, 3.05) is 12.0 Å². The standard InChI is InChI=1S/C12H12F2N2O3/c1-19-12(18)9-5-7(15)11(17)16(9)8-4-2-3-6(13)10(8)14/h2-4,7,9H,5,15H2,1H3/t7-,9-/m0/s1. The van der Waals surface area contributed by atoms with Gasteiger partial charge in [0.05, 0.1) is 18.8 Å². The van der Waals surface area contributed by atoms with Gasteiger partial charge in [0.25, 0.3) is 0 Å². The second-order valence-corrected chi connectivity index (χ2v) is 4.16. The number of hydrogen-bond donors (Lipinski definition) is 1. The predicted molar refractivity (Wildman–Crippen MR) is 62.2 cm³/mol. The minimum absolute atomic E-state index is 0.00145. The van der Waals surface area contributed by atoms with Gasteiger partial charge in [-0.15, -0.1) is 0 Å². The normalized spacial score (nSPS) is 22.7. The Morgan fingerprint density at radius 3 is 2.79 bits per heavy atom. The molecular weight excluding hydrogens is 258 g/mol. The van der Waals surface area contributed by atoms with Crippen LogP contribution in [0.25, 0.3) is 0 Å². The molecule has 0 spiro atoms. The maximum absolute atomic E-state index is 13.7. The van der Waals surface area contributed by atoms with Crippen molar-refractivity contribution in [2.45, 2.75) is 18.5 Å². The van der Waals surface area contributed by atoms with Crippen LogP contribution in [0.4, 0.5) is 14.5 Å². The molecule has 0 unspecified atom stereocenters. The monoisotopic (exact) mass is 270 g/mol. The summed E-state index contributed by atoms with van der Waals surface area (Å²) in [5, 5.41) is 0. The van der Waals surface area contributed by atoms with Crippen LogP contribution in [-0.2, 0) is 14.3 Å². The zero-order valence-corrected chi connectivity index (χ0v) is 10.1. The first-order chi connectivity index (χ1) is 8.97. The van der Waals surface area contributed by atoms with Crippen LogP contribution in [0.5, 0.6) is 0 Å². The van der Waals surface area contributed by atoms with Crippen molar-refractivity contribution in [1.29, 1.82) is 0 Å². The molecule has 1 aromatic carbocycles. The van der Waals surface area contributed by atoms with Crippen molar-refractivity contribution in [3.8, 4) is 0 Å². The summed E-state index contributed by atoms with van der Waals surface area (Å²) in [6.07, 6.45) is 0.00145. The van der Waals surface area contributed by atoms with Gasteiger partial charge in [-0.1, -0.05) is 6.07 Å². The Morgan fingerprint density at radius 1 is 1.47 bits per heavy atom. The zero-order chi connectivity index (χ0) is 14.2. The van der Waals surface area contributed by atoms with Crippen molar-refractivity contribution >= 4 is 17.6 Å². The molecule has 2 atom stereocenters.